The molecule has 2 aromatic carbocycles. The van der Waals surface area contributed by atoms with Gasteiger partial charge in [0.25, 0.3) is 0 Å². The molecule has 170 valence electrons. The predicted octanol–water partition coefficient (Wildman–Crippen LogP) is 3.56. The third kappa shape index (κ3) is 3.79. The smallest absolute Gasteiger partial charge is 0.238 e. The minimum absolute atomic E-state index is 0.128. The summed E-state index contributed by atoms with van der Waals surface area (Å²) in [5.74, 6) is 0.779. The summed E-state index contributed by atoms with van der Waals surface area (Å²) in [6.45, 7) is 4.41. The molecule has 2 heterocycles. The molecular weight excluding hydrogens is 417 g/mol. The number of carbonyl (C=O) groups excluding carboxylic acids is 1. The van der Waals surface area contributed by atoms with Gasteiger partial charge in [-0.2, -0.15) is 10.4 Å². The summed E-state index contributed by atoms with van der Waals surface area (Å²) in [6.07, 6.45) is 2.91. The minimum atomic E-state index is -0.779. The van der Waals surface area contributed by atoms with Crippen molar-refractivity contribution in [3.05, 3.63) is 54.0 Å². The average molecular weight is 446 g/mol. The van der Waals surface area contributed by atoms with E-state index in [-0.39, 0.29) is 30.1 Å². The Morgan fingerprint density at radius 3 is 2.73 bits per heavy atom. The van der Waals surface area contributed by atoms with Gasteiger partial charge in [-0.15, -0.1) is 0 Å². The fraction of sp³-hybridized carbons (Fsp3) is 0.423. The van der Waals surface area contributed by atoms with Crippen LogP contribution in [0.5, 0.6) is 0 Å². The lowest BCUT2D eigenvalue weighted by Crippen LogP contribution is -2.54. The molecule has 2 N–H and O–H groups in total. The monoisotopic (exact) mass is 445 g/mol. The molecule has 0 radical (unpaired) electrons. The highest BCUT2D eigenvalue weighted by molar-refractivity contribution is 5.85. The largest absolute Gasteiger partial charge is 0.339 e. The van der Waals surface area contributed by atoms with Gasteiger partial charge in [-0.3, -0.25) is 9.48 Å². The van der Waals surface area contributed by atoms with Crippen molar-refractivity contribution in [1.29, 1.82) is 5.26 Å². The number of nitrogens with zero attached hydrogens (tertiary/aromatic N) is 3. The fourth-order valence-corrected chi connectivity index (χ4v) is 5.61. The lowest BCUT2D eigenvalue weighted by Gasteiger charge is -2.32. The quantitative estimate of drug-likeness (QED) is 0.629. The van der Waals surface area contributed by atoms with Crippen LogP contribution in [0.1, 0.15) is 25.8 Å². The van der Waals surface area contributed by atoms with E-state index in [1.165, 1.54) is 6.07 Å². The molecule has 2 bridgehead atoms. The van der Waals surface area contributed by atoms with Crippen LogP contribution in [0.4, 0.5) is 4.39 Å². The minimum Gasteiger partial charge on any atom is -0.339 e. The summed E-state index contributed by atoms with van der Waals surface area (Å²) in [4.78, 5) is 12.9. The average Bonchev–Trinajstić information content (AvgIpc) is 3.49. The van der Waals surface area contributed by atoms with Crippen LogP contribution in [0.2, 0.25) is 0 Å². The first kappa shape index (κ1) is 21.6. The molecule has 3 aromatic rings. The van der Waals surface area contributed by atoms with E-state index in [9.17, 15) is 14.4 Å². The van der Waals surface area contributed by atoms with Crippen molar-refractivity contribution in [2.24, 2.45) is 24.8 Å². The Labute approximate surface area is 192 Å². The summed E-state index contributed by atoms with van der Waals surface area (Å²) >= 11 is 0. The van der Waals surface area contributed by atoms with Crippen molar-refractivity contribution in [1.82, 2.24) is 20.4 Å². The summed E-state index contributed by atoms with van der Waals surface area (Å²) < 4.78 is 16.8. The number of nitrogens with one attached hydrogen (secondary N) is 2. The van der Waals surface area contributed by atoms with Crippen molar-refractivity contribution in [2.45, 2.75) is 44.8 Å². The Balaban J connectivity index is 1.28. The maximum atomic E-state index is 15.0. The zero-order valence-electron chi connectivity index (χ0n) is 19.0. The van der Waals surface area contributed by atoms with Crippen LogP contribution in [0.25, 0.3) is 22.0 Å². The number of hydrogen-bond acceptors (Lipinski definition) is 4. The zero-order valence-corrected chi connectivity index (χ0v) is 19.0. The van der Waals surface area contributed by atoms with Crippen LogP contribution >= 0.6 is 0 Å². The highest BCUT2D eigenvalue weighted by Crippen LogP contribution is 2.44. The second-order valence-electron chi connectivity index (χ2n) is 9.61. The molecule has 1 aliphatic heterocycles. The Morgan fingerprint density at radius 2 is 2.03 bits per heavy atom. The number of benzene rings is 2. The normalized spacial score (nSPS) is 26.9. The van der Waals surface area contributed by atoms with E-state index < -0.39 is 6.04 Å². The van der Waals surface area contributed by atoms with E-state index in [1.807, 2.05) is 31.3 Å². The number of aromatic nitrogens is 2. The third-order valence-corrected chi connectivity index (χ3v) is 7.80. The van der Waals surface area contributed by atoms with Crippen LogP contribution in [0.3, 0.4) is 0 Å². The van der Waals surface area contributed by atoms with Gasteiger partial charge < -0.3 is 10.6 Å². The molecule has 1 saturated heterocycles. The van der Waals surface area contributed by atoms with E-state index in [0.717, 1.165) is 28.5 Å². The van der Waals surface area contributed by atoms with E-state index in [4.69, 9.17) is 0 Å². The van der Waals surface area contributed by atoms with E-state index in [0.29, 0.717) is 23.4 Å². The van der Waals surface area contributed by atoms with E-state index in [1.54, 1.807) is 16.9 Å². The van der Waals surface area contributed by atoms with Gasteiger partial charge in [0, 0.05) is 24.9 Å². The van der Waals surface area contributed by atoms with Crippen LogP contribution in [0, 0.1) is 34.9 Å². The number of hydrogen-bond donors (Lipinski definition) is 2. The molecule has 0 spiro atoms. The van der Waals surface area contributed by atoms with Crippen molar-refractivity contribution < 1.29 is 9.18 Å². The topological polar surface area (TPSA) is 82.7 Å². The lowest BCUT2D eigenvalue weighted by atomic mass is 9.84. The van der Waals surface area contributed by atoms with Crippen molar-refractivity contribution in [2.75, 3.05) is 0 Å². The Morgan fingerprint density at radius 1 is 1.27 bits per heavy atom. The Bertz CT molecular complexity index is 1260. The molecule has 1 saturated carbocycles. The van der Waals surface area contributed by atoms with Crippen molar-refractivity contribution in [3.8, 4) is 17.2 Å². The summed E-state index contributed by atoms with van der Waals surface area (Å²) in [5, 5.41) is 21.1. The first-order valence-corrected chi connectivity index (χ1v) is 11.5. The number of amides is 1. The van der Waals surface area contributed by atoms with Crippen molar-refractivity contribution in [3.63, 3.8) is 0 Å². The lowest BCUT2D eigenvalue weighted by molar-refractivity contribution is -0.125. The van der Waals surface area contributed by atoms with Gasteiger partial charge in [-0.25, -0.2) is 4.39 Å². The summed E-state index contributed by atoms with van der Waals surface area (Å²) in [5.41, 5.74) is 3.08. The van der Waals surface area contributed by atoms with Crippen LogP contribution in [0.15, 0.2) is 42.6 Å². The van der Waals surface area contributed by atoms with E-state index in [2.05, 4.69) is 35.6 Å². The van der Waals surface area contributed by atoms with Crippen LogP contribution in [-0.4, -0.2) is 33.8 Å². The third-order valence-electron chi connectivity index (χ3n) is 7.80. The summed E-state index contributed by atoms with van der Waals surface area (Å²) in [7, 11) is 1.88. The molecular formula is C26H28FN5O. The van der Waals surface area contributed by atoms with Crippen LogP contribution < -0.4 is 10.6 Å². The Kier molecular flexibility index (Phi) is 5.41. The number of aryl methyl sites for hydroxylation is 1. The maximum Gasteiger partial charge on any atom is 0.238 e. The van der Waals surface area contributed by atoms with Gasteiger partial charge in [0.2, 0.25) is 5.91 Å². The SMILES string of the molecule is C[C@@H]1[C@H](C)[C@@H]2C[C@@H]1[C@@H](C(=O)N[C@H](C#N)Cc1ccc(-c3ccc4c(cnn4C)c3)cc1F)N2. The molecule has 33 heavy (non-hydrogen) atoms. The number of fused-ring (bicyclic) bond motifs is 3. The zero-order chi connectivity index (χ0) is 23.3. The number of halogens is 1. The van der Waals surface area contributed by atoms with Crippen molar-refractivity contribution >= 4 is 16.8 Å². The molecule has 1 aliphatic carbocycles. The predicted molar refractivity (Wildman–Crippen MR) is 125 cm³/mol. The maximum absolute atomic E-state index is 15.0. The number of nitriles is 1. The van der Waals surface area contributed by atoms with Gasteiger partial charge in [0.15, 0.2) is 0 Å². The van der Waals surface area contributed by atoms with Crippen LogP contribution in [-0.2, 0) is 18.3 Å². The standard InChI is InChI=1S/C26H28FN5O/c1-14-15(2)23-11-21(14)25(31-23)26(33)30-20(12-28)9-18-5-4-17(10-22(18)27)16-6-7-24-19(8-16)13-29-32(24)3/h4-8,10,13-15,20-21,23,25,31H,9,11H2,1-3H3,(H,30,33)/t14-,15+,20+,21+,23+,25+/m1/s1. The highest BCUT2D eigenvalue weighted by Gasteiger charge is 2.51. The van der Waals surface area contributed by atoms with Gasteiger partial charge >= 0.3 is 0 Å². The molecule has 7 heteroatoms. The molecule has 1 amide bonds. The molecule has 2 fully saturated rings. The second-order valence-corrected chi connectivity index (χ2v) is 9.61. The first-order valence-electron chi connectivity index (χ1n) is 11.5. The number of rotatable bonds is 5. The second kappa shape index (κ2) is 8.27. The van der Waals surface area contributed by atoms with E-state index >= 15 is 0 Å². The Hall–Kier alpha value is -3.24. The fourth-order valence-electron chi connectivity index (χ4n) is 5.61. The van der Waals surface area contributed by atoms with Gasteiger partial charge in [-0.1, -0.05) is 32.0 Å². The number of carbonyl (C=O) groups is 1. The van der Waals surface area contributed by atoms with Gasteiger partial charge in [0.1, 0.15) is 11.9 Å². The first-order chi connectivity index (χ1) is 15.9. The number of piperidine rings is 1. The molecule has 2 aliphatic rings. The van der Waals surface area contributed by atoms with Gasteiger partial charge in [-0.05, 0) is 59.1 Å². The van der Waals surface area contributed by atoms with Gasteiger partial charge in [0.05, 0.1) is 23.8 Å². The molecule has 6 atom stereocenters. The summed E-state index contributed by atoms with van der Waals surface area (Å²) in [6, 6.07) is 12.4. The molecule has 6 nitrogen and oxygen atoms in total. The molecule has 5 rings (SSSR count). The molecule has 0 unspecified atom stereocenters. The molecule has 1 aromatic heterocycles. The highest BCUT2D eigenvalue weighted by atomic mass is 19.1.